The summed E-state index contributed by atoms with van der Waals surface area (Å²) >= 11 is 0. The van der Waals surface area contributed by atoms with Gasteiger partial charge in [0.2, 0.25) is 0 Å². The van der Waals surface area contributed by atoms with Gasteiger partial charge in [0.25, 0.3) is 0 Å². The fourth-order valence-corrected chi connectivity index (χ4v) is 2.81. The number of aromatic nitrogens is 1. The van der Waals surface area contributed by atoms with Crippen molar-refractivity contribution < 1.29 is 18.9 Å². The predicted octanol–water partition coefficient (Wildman–Crippen LogP) is 2.93. The van der Waals surface area contributed by atoms with Crippen LogP contribution in [0.4, 0.5) is 5.82 Å². The van der Waals surface area contributed by atoms with Gasteiger partial charge < -0.3 is 29.7 Å². The van der Waals surface area contributed by atoms with Crippen LogP contribution in [0.5, 0.6) is 11.5 Å². The number of H-pyrrole nitrogens is 1. The molecule has 1 atom stereocenters. The molecule has 6 nitrogen and oxygen atoms in total. The van der Waals surface area contributed by atoms with Crippen LogP contribution in [0.15, 0.2) is 18.3 Å². The first kappa shape index (κ1) is 16.0. The Morgan fingerprint density at radius 3 is 2.48 bits per heavy atom. The number of rotatable bonds is 6. The van der Waals surface area contributed by atoms with Gasteiger partial charge in [0.05, 0.1) is 13.2 Å². The molecule has 0 radical (unpaired) electrons. The van der Waals surface area contributed by atoms with Gasteiger partial charge in [-0.2, -0.15) is 0 Å². The summed E-state index contributed by atoms with van der Waals surface area (Å²) in [7, 11) is 0. The number of hydrogen-bond donors (Lipinski definition) is 2. The van der Waals surface area contributed by atoms with E-state index in [0.29, 0.717) is 32.2 Å². The Morgan fingerprint density at radius 2 is 1.83 bits per heavy atom. The molecular weight excluding hydrogens is 296 g/mol. The van der Waals surface area contributed by atoms with Gasteiger partial charge >= 0.3 is 0 Å². The lowest BCUT2D eigenvalue weighted by Gasteiger charge is -2.21. The van der Waals surface area contributed by atoms with Gasteiger partial charge in [-0.25, -0.2) is 0 Å². The van der Waals surface area contributed by atoms with Crippen molar-refractivity contribution in [3.63, 3.8) is 0 Å². The Balaban J connectivity index is 1.70. The third kappa shape index (κ3) is 3.54. The van der Waals surface area contributed by atoms with Crippen LogP contribution in [0, 0.1) is 5.92 Å². The molecule has 3 rings (SSSR count). The van der Waals surface area contributed by atoms with Crippen LogP contribution >= 0.6 is 0 Å². The average Bonchev–Trinajstić information content (AvgIpc) is 2.78. The lowest BCUT2D eigenvalue weighted by atomic mass is 10.1. The van der Waals surface area contributed by atoms with Gasteiger partial charge in [0.1, 0.15) is 5.82 Å². The minimum atomic E-state index is -0.213. The molecule has 0 bridgehead atoms. The van der Waals surface area contributed by atoms with Crippen LogP contribution in [0.3, 0.4) is 0 Å². The number of ether oxygens (including phenoxy) is 4. The monoisotopic (exact) mass is 320 g/mol. The Bertz CT molecular complexity index is 649. The van der Waals surface area contributed by atoms with Crippen LogP contribution < -0.4 is 15.2 Å². The van der Waals surface area contributed by atoms with E-state index in [2.05, 4.69) is 4.98 Å². The smallest absolute Gasteiger partial charge is 0.161 e. The van der Waals surface area contributed by atoms with Gasteiger partial charge in [-0.15, -0.1) is 0 Å². The number of benzene rings is 1. The summed E-state index contributed by atoms with van der Waals surface area (Å²) in [5.41, 5.74) is 5.92. The zero-order valence-electron chi connectivity index (χ0n) is 13.6. The molecule has 23 heavy (non-hydrogen) atoms. The standard InChI is InChI=1S/C17H24N2O4/c1-3-20-16(21-4-2)5-11-9-22-14-6-12-8-19-17(18)13(12)7-15(14)23-10-11/h6-8,11,16,19H,3-5,9-10,18H2,1-2H3. The van der Waals surface area contributed by atoms with Gasteiger partial charge in [-0.3, -0.25) is 0 Å². The summed E-state index contributed by atoms with van der Waals surface area (Å²) in [5.74, 6) is 2.34. The first-order valence-corrected chi connectivity index (χ1v) is 8.10. The molecule has 2 aromatic rings. The zero-order chi connectivity index (χ0) is 16.2. The molecule has 0 saturated carbocycles. The van der Waals surface area contributed by atoms with E-state index in [1.165, 1.54) is 0 Å². The van der Waals surface area contributed by atoms with E-state index < -0.39 is 0 Å². The summed E-state index contributed by atoms with van der Waals surface area (Å²) in [4.78, 5) is 3.01. The van der Waals surface area contributed by atoms with Gasteiger partial charge in [-0.1, -0.05) is 0 Å². The quantitative estimate of drug-likeness (QED) is 0.800. The minimum absolute atomic E-state index is 0.212. The van der Waals surface area contributed by atoms with Gasteiger partial charge in [0, 0.05) is 42.5 Å². The largest absolute Gasteiger partial charge is 0.489 e. The van der Waals surface area contributed by atoms with Crippen molar-refractivity contribution in [2.45, 2.75) is 26.6 Å². The third-order valence-corrected chi connectivity index (χ3v) is 3.97. The fourth-order valence-electron chi connectivity index (χ4n) is 2.81. The number of nitrogens with two attached hydrogens (primary N) is 1. The lowest BCUT2D eigenvalue weighted by Crippen LogP contribution is -2.27. The maximum absolute atomic E-state index is 5.95. The second kappa shape index (κ2) is 7.10. The first-order chi connectivity index (χ1) is 11.2. The maximum Gasteiger partial charge on any atom is 0.161 e. The van der Waals surface area contributed by atoms with Crippen molar-refractivity contribution in [3.05, 3.63) is 18.3 Å². The third-order valence-electron chi connectivity index (χ3n) is 3.97. The van der Waals surface area contributed by atoms with Crippen LogP contribution in [-0.4, -0.2) is 37.7 Å². The number of aromatic amines is 1. The lowest BCUT2D eigenvalue weighted by molar-refractivity contribution is -0.148. The molecule has 1 aliphatic heterocycles. The van der Waals surface area contributed by atoms with Crippen molar-refractivity contribution in [2.75, 3.05) is 32.2 Å². The van der Waals surface area contributed by atoms with E-state index in [-0.39, 0.29) is 12.2 Å². The molecule has 0 fully saturated rings. The van der Waals surface area contributed by atoms with Crippen molar-refractivity contribution >= 4 is 16.6 Å². The molecule has 6 heteroatoms. The van der Waals surface area contributed by atoms with Crippen LogP contribution in [-0.2, 0) is 9.47 Å². The second-order valence-corrected chi connectivity index (χ2v) is 5.65. The highest BCUT2D eigenvalue weighted by atomic mass is 16.7. The maximum atomic E-state index is 5.95. The molecule has 0 aliphatic carbocycles. The highest BCUT2D eigenvalue weighted by molar-refractivity contribution is 5.94. The zero-order valence-corrected chi connectivity index (χ0v) is 13.6. The summed E-state index contributed by atoms with van der Waals surface area (Å²) in [6, 6.07) is 3.89. The van der Waals surface area contributed by atoms with Crippen molar-refractivity contribution in [1.29, 1.82) is 0 Å². The summed E-state index contributed by atoms with van der Waals surface area (Å²) < 4.78 is 23.1. The molecule has 1 aliphatic rings. The number of nitrogen functional groups attached to an aromatic ring is 1. The van der Waals surface area contributed by atoms with Crippen molar-refractivity contribution in [2.24, 2.45) is 5.92 Å². The SMILES string of the molecule is CCOC(CC1COc2cc3c[nH]c(N)c3cc2OC1)OCC. The normalized spacial score (nSPS) is 17.6. The summed E-state index contributed by atoms with van der Waals surface area (Å²) in [6.07, 6.45) is 2.41. The molecule has 0 spiro atoms. The Labute approximate surface area is 135 Å². The highest BCUT2D eigenvalue weighted by Gasteiger charge is 2.23. The van der Waals surface area contributed by atoms with Crippen LogP contribution in [0.2, 0.25) is 0 Å². The summed E-state index contributed by atoms with van der Waals surface area (Å²) in [6.45, 7) is 6.34. The topological polar surface area (TPSA) is 78.7 Å². The van der Waals surface area contributed by atoms with E-state index in [9.17, 15) is 0 Å². The van der Waals surface area contributed by atoms with Gasteiger partial charge in [-0.05, 0) is 26.0 Å². The van der Waals surface area contributed by atoms with E-state index in [1.54, 1.807) is 0 Å². The number of anilines is 1. The first-order valence-electron chi connectivity index (χ1n) is 8.10. The fraction of sp³-hybridized carbons (Fsp3) is 0.529. The van der Waals surface area contributed by atoms with E-state index in [1.807, 2.05) is 32.2 Å². The number of fused-ring (bicyclic) bond motifs is 2. The molecule has 2 heterocycles. The molecule has 1 aromatic heterocycles. The predicted molar refractivity (Wildman–Crippen MR) is 88.8 cm³/mol. The average molecular weight is 320 g/mol. The molecule has 1 aromatic carbocycles. The number of hydrogen-bond acceptors (Lipinski definition) is 5. The highest BCUT2D eigenvalue weighted by Crippen LogP contribution is 2.37. The van der Waals surface area contributed by atoms with Crippen molar-refractivity contribution in [1.82, 2.24) is 4.98 Å². The van der Waals surface area contributed by atoms with E-state index in [4.69, 9.17) is 24.7 Å². The molecule has 0 saturated heterocycles. The molecule has 0 amide bonds. The second-order valence-electron chi connectivity index (χ2n) is 5.65. The van der Waals surface area contributed by atoms with E-state index in [0.717, 1.165) is 28.7 Å². The molecule has 1 unspecified atom stereocenters. The van der Waals surface area contributed by atoms with Crippen LogP contribution in [0.1, 0.15) is 20.3 Å². The van der Waals surface area contributed by atoms with Crippen molar-refractivity contribution in [3.8, 4) is 11.5 Å². The molecule has 3 N–H and O–H groups in total. The Kier molecular flexibility index (Phi) is 4.93. The summed E-state index contributed by atoms with van der Waals surface area (Å²) in [5, 5.41) is 1.97. The molecular formula is C17H24N2O4. The van der Waals surface area contributed by atoms with Gasteiger partial charge in [0.15, 0.2) is 17.8 Å². The minimum Gasteiger partial charge on any atom is -0.489 e. The number of nitrogens with one attached hydrogen (secondary N) is 1. The Morgan fingerprint density at radius 1 is 1.17 bits per heavy atom. The van der Waals surface area contributed by atoms with E-state index >= 15 is 0 Å². The Hall–Kier alpha value is -1.92. The molecule has 126 valence electrons. The van der Waals surface area contributed by atoms with Crippen LogP contribution in [0.25, 0.3) is 10.8 Å².